The minimum Gasteiger partial charge on any atom is -0.493 e. The van der Waals surface area contributed by atoms with Gasteiger partial charge in [0, 0.05) is 49.2 Å². The first kappa shape index (κ1) is 27.5. The number of rotatable bonds is 14. The van der Waals surface area contributed by atoms with Gasteiger partial charge in [0.05, 0.1) is 13.2 Å². The molecule has 2 N–H and O–H groups in total. The highest BCUT2D eigenvalue weighted by atomic mass is 16.5. The molecule has 4 aromatic carbocycles. The van der Waals surface area contributed by atoms with Crippen molar-refractivity contribution in [3.8, 4) is 11.5 Å². The molecule has 0 aliphatic rings. The maximum atomic E-state index is 12.4. The van der Waals surface area contributed by atoms with Crippen LogP contribution < -0.4 is 20.1 Å². The van der Waals surface area contributed by atoms with E-state index in [0.29, 0.717) is 42.5 Å². The molecule has 0 aromatic heterocycles. The molecule has 0 spiro atoms. The molecule has 0 heterocycles. The molecule has 4 rings (SSSR count). The normalized spacial score (nSPS) is 10.5. The molecule has 6 heteroatoms. The Labute approximate surface area is 230 Å². The van der Waals surface area contributed by atoms with E-state index in [1.54, 1.807) is 0 Å². The zero-order chi connectivity index (χ0) is 27.1. The Balaban J connectivity index is 1.13. The molecule has 200 valence electrons. The summed E-state index contributed by atoms with van der Waals surface area (Å²) in [5.41, 5.74) is 3.77. The lowest BCUT2D eigenvalue weighted by Gasteiger charge is -2.10. The predicted octanol–water partition coefficient (Wildman–Crippen LogP) is 6.68. The van der Waals surface area contributed by atoms with Crippen LogP contribution in [0.1, 0.15) is 30.4 Å². The van der Waals surface area contributed by atoms with Crippen molar-refractivity contribution in [1.82, 2.24) is 0 Å². The average molecular weight is 523 g/mol. The van der Waals surface area contributed by atoms with Crippen molar-refractivity contribution in [1.29, 1.82) is 0 Å². The molecule has 0 fully saturated rings. The van der Waals surface area contributed by atoms with Crippen LogP contribution in [0.3, 0.4) is 0 Å². The minimum atomic E-state index is -0.141. The number of ether oxygens (including phenoxy) is 2. The number of carbonyl (C=O) groups excluding carboxylic acids is 2. The molecular formula is C33H34N2O4. The molecule has 2 amide bonds. The Bertz CT molecular complexity index is 1220. The number of hydrogen-bond donors (Lipinski definition) is 2. The van der Waals surface area contributed by atoms with E-state index in [9.17, 15) is 9.59 Å². The fraction of sp³-hybridized carbons (Fsp3) is 0.212. The second-order valence-corrected chi connectivity index (χ2v) is 9.17. The Morgan fingerprint density at radius 1 is 0.538 bits per heavy atom. The molecular weight excluding hydrogens is 488 g/mol. The molecule has 6 nitrogen and oxygen atoms in total. The first-order valence-corrected chi connectivity index (χ1v) is 13.3. The van der Waals surface area contributed by atoms with Gasteiger partial charge in [-0.05, 0) is 41.8 Å². The molecule has 0 radical (unpaired) electrons. The van der Waals surface area contributed by atoms with Crippen LogP contribution in [-0.4, -0.2) is 25.0 Å². The van der Waals surface area contributed by atoms with Crippen molar-refractivity contribution in [3.63, 3.8) is 0 Å². The summed E-state index contributed by atoms with van der Waals surface area (Å²) in [4.78, 5) is 24.8. The van der Waals surface area contributed by atoms with Gasteiger partial charge in [-0.3, -0.25) is 9.59 Å². The molecule has 0 saturated heterocycles. The van der Waals surface area contributed by atoms with E-state index in [-0.39, 0.29) is 24.7 Å². The maximum Gasteiger partial charge on any atom is 0.224 e. The summed E-state index contributed by atoms with van der Waals surface area (Å²) in [7, 11) is 0. The van der Waals surface area contributed by atoms with Gasteiger partial charge in [0.25, 0.3) is 0 Å². The molecule has 39 heavy (non-hydrogen) atoms. The number of carbonyl (C=O) groups is 2. The summed E-state index contributed by atoms with van der Waals surface area (Å²) < 4.78 is 11.7. The van der Waals surface area contributed by atoms with E-state index in [1.807, 2.05) is 84.9 Å². The van der Waals surface area contributed by atoms with Crippen LogP contribution in [0.4, 0.5) is 11.4 Å². The quantitative estimate of drug-likeness (QED) is 0.194. The van der Waals surface area contributed by atoms with Crippen molar-refractivity contribution in [3.05, 3.63) is 120 Å². The standard InChI is InChI=1S/C33H34N2O4/c36-32(34-28-14-7-16-30(24-28)38-22-20-26-10-3-1-4-11-26)18-9-19-33(37)35-29-15-8-17-31(25-29)39-23-21-27-12-5-2-6-13-27/h1-8,10-17,24-25H,9,18-23H2,(H,34,36)(H,35,37). The summed E-state index contributed by atoms with van der Waals surface area (Å²) in [5.74, 6) is 1.12. The number of hydrogen-bond acceptors (Lipinski definition) is 4. The van der Waals surface area contributed by atoms with Crippen LogP contribution in [-0.2, 0) is 22.4 Å². The van der Waals surface area contributed by atoms with Gasteiger partial charge in [-0.2, -0.15) is 0 Å². The van der Waals surface area contributed by atoms with E-state index in [0.717, 1.165) is 12.8 Å². The van der Waals surface area contributed by atoms with Crippen molar-refractivity contribution in [2.45, 2.75) is 32.1 Å². The monoisotopic (exact) mass is 522 g/mol. The smallest absolute Gasteiger partial charge is 0.224 e. The predicted molar refractivity (Wildman–Crippen MR) is 155 cm³/mol. The van der Waals surface area contributed by atoms with Gasteiger partial charge in [-0.15, -0.1) is 0 Å². The molecule has 0 bridgehead atoms. The summed E-state index contributed by atoms with van der Waals surface area (Å²) >= 11 is 0. The van der Waals surface area contributed by atoms with Crippen LogP contribution in [0.15, 0.2) is 109 Å². The van der Waals surface area contributed by atoms with Gasteiger partial charge < -0.3 is 20.1 Å². The van der Waals surface area contributed by atoms with E-state index in [4.69, 9.17) is 9.47 Å². The molecule has 0 aliphatic heterocycles. The van der Waals surface area contributed by atoms with Crippen molar-refractivity contribution in [2.75, 3.05) is 23.8 Å². The van der Waals surface area contributed by atoms with E-state index < -0.39 is 0 Å². The van der Waals surface area contributed by atoms with Crippen molar-refractivity contribution >= 4 is 23.2 Å². The topological polar surface area (TPSA) is 76.7 Å². The van der Waals surface area contributed by atoms with Gasteiger partial charge in [0.2, 0.25) is 11.8 Å². The molecule has 0 unspecified atom stereocenters. The lowest BCUT2D eigenvalue weighted by atomic mass is 10.2. The third-order valence-electron chi connectivity index (χ3n) is 6.05. The van der Waals surface area contributed by atoms with Crippen LogP contribution >= 0.6 is 0 Å². The maximum absolute atomic E-state index is 12.4. The van der Waals surface area contributed by atoms with Gasteiger partial charge >= 0.3 is 0 Å². The van der Waals surface area contributed by atoms with Crippen LogP contribution in [0.25, 0.3) is 0 Å². The first-order chi connectivity index (χ1) is 19.1. The number of anilines is 2. The second-order valence-electron chi connectivity index (χ2n) is 9.17. The molecule has 0 aliphatic carbocycles. The zero-order valence-corrected chi connectivity index (χ0v) is 22.0. The van der Waals surface area contributed by atoms with Crippen molar-refractivity contribution in [2.24, 2.45) is 0 Å². The number of amides is 2. The molecule has 4 aromatic rings. The van der Waals surface area contributed by atoms with Crippen LogP contribution in [0, 0.1) is 0 Å². The van der Waals surface area contributed by atoms with Gasteiger partial charge in [0.15, 0.2) is 0 Å². The highest BCUT2D eigenvalue weighted by Gasteiger charge is 2.08. The molecule has 0 atom stereocenters. The van der Waals surface area contributed by atoms with Crippen LogP contribution in [0.2, 0.25) is 0 Å². The van der Waals surface area contributed by atoms with Crippen molar-refractivity contribution < 1.29 is 19.1 Å². The van der Waals surface area contributed by atoms with E-state index >= 15 is 0 Å². The Morgan fingerprint density at radius 2 is 0.974 bits per heavy atom. The largest absolute Gasteiger partial charge is 0.493 e. The van der Waals surface area contributed by atoms with E-state index in [1.165, 1.54) is 11.1 Å². The van der Waals surface area contributed by atoms with E-state index in [2.05, 4.69) is 34.9 Å². The van der Waals surface area contributed by atoms with Gasteiger partial charge in [-0.25, -0.2) is 0 Å². The SMILES string of the molecule is O=C(CCCC(=O)Nc1cccc(OCCc2ccccc2)c1)Nc1cccc(OCCc2ccccc2)c1. The summed E-state index contributed by atoms with van der Waals surface area (Å²) in [6, 6.07) is 35.0. The summed E-state index contributed by atoms with van der Waals surface area (Å²) in [6.45, 7) is 1.11. The summed E-state index contributed by atoms with van der Waals surface area (Å²) in [5, 5.41) is 5.77. The van der Waals surface area contributed by atoms with Gasteiger partial charge in [0.1, 0.15) is 11.5 Å². The fourth-order valence-electron chi connectivity index (χ4n) is 4.05. The third-order valence-corrected chi connectivity index (χ3v) is 6.05. The highest BCUT2D eigenvalue weighted by Crippen LogP contribution is 2.20. The Hall–Kier alpha value is -4.58. The lowest BCUT2D eigenvalue weighted by Crippen LogP contribution is -2.15. The first-order valence-electron chi connectivity index (χ1n) is 13.3. The lowest BCUT2D eigenvalue weighted by molar-refractivity contribution is -0.117. The van der Waals surface area contributed by atoms with Gasteiger partial charge in [-0.1, -0.05) is 72.8 Å². The average Bonchev–Trinajstić information content (AvgIpc) is 2.95. The fourth-order valence-corrected chi connectivity index (χ4v) is 4.05. The molecule has 0 saturated carbocycles. The minimum absolute atomic E-state index is 0.141. The highest BCUT2D eigenvalue weighted by molar-refractivity contribution is 5.93. The Morgan fingerprint density at radius 3 is 1.41 bits per heavy atom. The number of benzene rings is 4. The number of nitrogens with one attached hydrogen (secondary N) is 2. The second kappa shape index (κ2) is 15.0. The third kappa shape index (κ3) is 10.0. The zero-order valence-electron chi connectivity index (χ0n) is 22.0. The van der Waals surface area contributed by atoms with Crippen LogP contribution in [0.5, 0.6) is 11.5 Å². The Kier molecular flexibility index (Phi) is 10.5. The summed E-state index contributed by atoms with van der Waals surface area (Å²) in [6.07, 6.45) is 2.55.